The number of pyridine rings is 1. The van der Waals surface area contributed by atoms with Crippen LogP contribution >= 0.6 is 0 Å². The lowest BCUT2D eigenvalue weighted by atomic mass is 10.3. The predicted molar refractivity (Wildman–Crippen MR) is 66.4 cm³/mol. The first kappa shape index (κ1) is 15.7. The summed E-state index contributed by atoms with van der Waals surface area (Å²) < 4.78 is 54.4. The number of nitrogens with zero attached hydrogens (tertiary/aromatic N) is 1. The van der Waals surface area contributed by atoms with Crippen LogP contribution in [0.2, 0.25) is 0 Å². The molecule has 0 radical (unpaired) electrons. The van der Waals surface area contributed by atoms with E-state index in [0.29, 0.717) is 0 Å². The first-order valence-corrected chi connectivity index (χ1v) is 8.58. The summed E-state index contributed by atoms with van der Waals surface area (Å²) in [5.41, 5.74) is -1.22. The molecule has 0 aliphatic rings. The standard InChI is InChI=1S/C9H13NO7S2/c1-3-10-7(11)4-6(5-19(15,16)17)8(9(10)12)18(2,13)14/h4,12H,3,5H2,1-2H3,(H,15,16,17). The molecule has 1 rings (SSSR count). The van der Waals surface area contributed by atoms with Crippen molar-refractivity contribution in [1.29, 1.82) is 0 Å². The van der Waals surface area contributed by atoms with E-state index in [4.69, 9.17) is 4.55 Å². The van der Waals surface area contributed by atoms with E-state index in [-0.39, 0.29) is 6.54 Å². The molecule has 0 aliphatic heterocycles. The van der Waals surface area contributed by atoms with Crippen LogP contribution in [0.3, 0.4) is 0 Å². The van der Waals surface area contributed by atoms with Crippen LogP contribution in [0.4, 0.5) is 0 Å². The van der Waals surface area contributed by atoms with E-state index in [1.54, 1.807) is 0 Å². The summed E-state index contributed by atoms with van der Waals surface area (Å²) in [5.74, 6) is -1.90. The van der Waals surface area contributed by atoms with Crippen molar-refractivity contribution in [2.24, 2.45) is 0 Å². The molecular formula is C9H13NO7S2. The van der Waals surface area contributed by atoms with E-state index >= 15 is 0 Å². The normalized spacial score (nSPS) is 12.6. The highest BCUT2D eigenvalue weighted by Gasteiger charge is 2.25. The molecule has 2 N–H and O–H groups in total. The van der Waals surface area contributed by atoms with Crippen LogP contribution in [0, 0.1) is 0 Å². The van der Waals surface area contributed by atoms with Crippen molar-refractivity contribution in [3.8, 4) is 5.88 Å². The van der Waals surface area contributed by atoms with Gasteiger partial charge in [-0.1, -0.05) is 0 Å². The average molecular weight is 311 g/mol. The van der Waals surface area contributed by atoms with Gasteiger partial charge >= 0.3 is 0 Å². The first-order valence-electron chi connectivity index (χ1n) is 5.08. The van der Waals surface area contributed by atoms with E-state index in [9.17, 15) is 26.7 Å². The molecule has 0 atom stereocenters. The fraction of sp³-hybridized carbons (Fsp3) is 0.444. The van der Waals surface area contributed by atoms with Gasteiger partial charge in [0.2, 0.25) is 5.88 Å². The van der Waals surface area contributed by atoms with Gasteiger partial charge in [0, 0.05) is 18.9 Å². The SMILES string of the molecule is CCn1c(O)c(S(C)(=O)=O)c(CS(=O)(=O)O)cc1=O. The van der Waals surface area contributed by atoms with Gasteiger partial charge < -0.3 is 5.11 Å². The van der Waals surface area contributed by atoms with Crippen LogP contribution in [0.15, 0.2) is 15.8 Å². The minimum absolute atomic E-state index is 0.0132. The number of sulfone groups is 1. The number of aromatic nitrogens is 1. The molecule has 19 heavy (non-hydrogen) atoms. The molecule has 0 aliphatic carbocycles. The largest absolute Gasteiger partial charge is 0.493 e. The van der Waals surface area contributed by atoms with Crippen molar-refractivity contribution >= 4 is 20.0 Å². The summed E-state index contributed by atoms with van der Waals surface area (Å²) in [4.78, 5) is 10.9. The van der Waals surface area contributed by atoms with E-state index < -0.39 is 47.6 Å². The second kappa shape index (κ2) is 4.94. The van der Waals surface area contributed by atoms with Gasteiger partial charge in [0.15, 0.2) is 9.84 Å². The van der Waals surface area contributed by atoms with E-state index in [1.165, 1.54) is 6.92 Å². The third-order valence-corrected chi connectivity index (χ3v) is 4.20. The van der Waals surface area contributed by atoms with Gasteiger partial charge in [0.25, 0.3) is 15.7 Å². The third-order valence-electron chi connectivity index (χ3n) is 2.34. The highest BCUT2D eigenvalue weighted by molar-refractivity contribution is 7.91. The van der Waals surface area contributed by atoms with Crippen molar-refractivity contribution in [3.63, 3.8) is 0 Å². The number of hydrogen-bond acceptors (Lipinski definition) is 6. The van der Waals surface area contributed by atoms with E-state index in [2.05, 4.69) is 0 Å². The summed E-state index contributed by atoms with van der Waals surface area (Å²) in [6, 6.07) is 0.771. The predicted octanol–water partition coefficient (Wildman–Crippen LogP) is -0.635. The summed E-state index contributed by atoms with van der Waals surface area (Å²) in [7, 11) is -8.51. The minimum Gasteiger partial charge on any atom is -0.493 e. The zero-order valence-electron chi connectivity index (χ0n) is 10.2. The molecular weight excluding hydrogens is 298 g/mol. The van der Waals surface area contributed by atoms with Crippen LogP contribution in [0.5, 0.6) is 5.88 Å². The highest BCUT2D eigenvalue weighted by atomic mass is 32.2. The Hall–Kier alpha value is -1.39. The maximum Gasteiger partial charge on any atom is 0.269 e. The van der Waals surface area contributed by atoms with Crippen LogP contribution in [0.1, 0.15) is 12.5 Å². The average Bonchev–Trinajstić information content (AvgIpc) is 2.11. The Labute approximate surface area is 110 Å². The quantitative estimate of drug-likeness (QED) is 0.707. The molecule has 0 saturated carbocycles. The Morgan fingerprint density at radius 3 is 2.16 bits per heavy atom. The molecule has 1 heterocycles. The molecule has 0 saturated heterocycles. The zero-order chi connectivity index (χ0) is 15.0. The van der Waals surface area contributed by atoms with E-state index in [0.717, 1.165) is 16.9 Å². The van der Waals surface area contributed by atoms with Crippen molar-refractivity contribution in [2.75, 3.05) is 6.26 Å². The molecule has 0 amide bonds. The van der Waals surface area contributed by atoms with Gasteiger partial charge in [-0.3, -0.25) is 13.9 Å². The van der Waals surface area contributed by atoms with Gasteiger partial charge in [0.05, 0.1) is 0 Å². The van der Waals surface area contributed by atoms with Crippen LogP contribution < -0.4 is 5.56 Å². The lowest BCUT2D eigenvalue weighted by Gasteiger charge is -2.13. The molecule has 1 aromatic heterocycles. The molecule has 108 valence electrons. The Kier molecular flexibility index (Phi) is 4.08. The third kappa shape index (κ3) is 3.55. The molecule has 0 fully saturated rings. The summed E-state index contributed by atoms with van der Waals surface area (Å²) >= 11 is 0. The van der Waals surface area contributed by atoms with Crippen molar-refractivity contribution < 1.29 is 26.5 Å². The first-order chi connectivity index (χ1) is 8.47. The Balaban J connectivity index is 3.79. The highest BCUT2D eigenvalue weighted by Crippen LogP contribution is 2.26. The maximum absolute atomic E-state index is 11.6. The fourth-order valence-corrected chi connectivity index (χ4v) is 3.44. The second-order valence-electron chi connectivity index (χ2n) is 3.90. The smallest absolute Gasteiger partial charge is 0.269 e. The molecule has 8 nitrogen and oxygen atoms in total. The molecule has 0 bridgehead atoms. The fourth-order valence-electron chi connectivity index (χ4n) is 1.68. The summed E-state index contributed by atoms with van der Waals surface area (Å²) in [5, 5.41) is 9.79. The van der Waals surface area contributed by atoms with Gasteiger partial charge in [-0.05, 0) is 12.5 Å². The minimum atomic E-state index is -4.54. The monoisotopic (exact) mass is 311 g/mol. The Bertz CT molecular complexity index is 758. The van der Waals surface area contributed by atoms with Crippen molar-refractivity contribution in [3.05, 3.63) is 22.0 Å². The van der Waals surface area contributed by atoms with Crippen molar-refractivity contribution in [1.82, 2.24) is 4.57 Å². The van der Waals surface area contributed by atoms with Crippen molar-refractivity contribution in [2.45, 2.75) is 24.1 Å². The molecule has 1 aromatic rings. The Morgan fingerprint density at radius 1 is 1.26 bits per heavy atom. The number of rotatable bonds is 4. The molecule has 0 unspecified atom stereocenters. The number of hydrogen-bond donors (Lipinski definition) is 2. The number of aromatic hydroxyl groups is 1. The van der Waals surface area contributed by atoms with Gasteiger partial charge in [-0.15, -0.1) is 0 Å². The van der Waals surface area contributed by atoms with Crippen LogP contribution in [-0.4, -0.2) is 37.3 Å². The lowest BCUT2D eigenvalue weighted by molar-refractivity contribution is 0.393. The zero-order valence-corrected chi connectivity index (χ0v) is 11.8. The van der Waals surface area contributed by atoms with Gasteiger partial charge in [-0.2, -0.15) is 8.42 Å². The lowest BCUT2D eigenvalue weighted by Crippen LogP contribution is -2.23. The summed E-state index contributed by atoms with van der Waals surface area (Å²) in [6.07, 6.45) is 0.764. The Morgan fingerprint density at radius 2 is 1.79 bits per heavy atom. The van der Waals surface area contributed by atoms with Gasteiger partial charge in [-0.25, -0.2) is 8.42 Å². The second-order valence-corrected chi connectivity index (χ2v) is 7.31. The molecule has 0 aromatic carbocycles. The molecule has 10 heteroatoms. The maximum atomic E-state index is 11.6. The van der Waals surface area contributed by atoms with Gasteiger partial charge in [0.1, 0.15) is 10.6 Å². The van der Waals surface area contributed by atoms with E-state index in [1.807, 2.05) is 0 Å². The molecule has 0 spiro atoms. The van der Waals surface area contributed by atoms with Crippen LogP contribution in [-0.2, 0) is 32.3 Å². The topological polar surface area (TPSA) is 131 Å². The summed E-state index contributed by atoms with van der Waals surface area (Å²) in [6.45, 7) is 1.52. The van der Waals surface area contributed by atoms with Crippen LogP contribution in [0.25, 0.3) is 0 Å².